The Morgan fingerprint density at radius 1 is 1.17 bits per heavy atom. The van der Waals surface area contributed by atoms with Gasteiger partial charge in [0.2, 0.25) is 0 Å². The van der Waals surface area contributed by atoms with Crippen molar-refractivity contribution >= 4 is 28.8 Å². The lowest BCUT2D eigenvalue weighted by molar-refractivity contribution is 0.927. The number of aryl methyl sites for hydroxylation is 1. The maximum absolute atomic E-state index is 5.94. The van der Waals surface area contributed by atoms with Gasteiger partial charge in [-0.1, -0.05) is 65.8 Å². The molecule has 1 nitrogen and oxygen atoms in total. The quantitative estimate of drug-likeness (QED) is 0.846. The van der Waals surface area contributed by atoms with Gasteiger partial charge in [0.1, 0.15) is 4.99 Å². The maximum Gasteiger partial charge on any atom is 0.106 e. The monoisotopic (exact) mass is 275 g/mol. The van der Waals surface area contributed by atoms with Gasteiger partial charge >= 0.3 is 0 Å². The van der Waals surface area contributed by atoms with Gasteiger partial charge in [0.15, 0.2) is 0 Å². The highest BCUT2D eigenvalue weighted by Crippen LogP contribution is 2.11. The van der Waals surface area contributed by atoms with Gasteiger partial charge in [-0.05, 0) is 24.6 Å². The van der Waals surface area contributed by atoms with Crippen LogP contribution in [0.2, 0.25) is 5.02 Å². The molecular weight excluding hydrogens is 262 g/mol. The normalized spacial score (nSPS) is 10.1. The first kappa shape index (κ1) is 13.1. The third-order valence-corrected chi connectivity index (χ3v) is 3.24. The molecule has 0 radical (unpaired) electrons. The van der Waals surface area contributed by atoms with Gasteiger partial charge in [0.25, 0.3) is 0 Å². The lowest BCUT2D eigenvalue weighted by Gasteiger charge is -2.09. The van der Waals surface area contributed by atoms with Gasteiger partial charge in [-0.3, -0.25) is 0 Å². The van der Waals surface area contributed by atoms with E-state index in [0.29, 0.717) is 5.02 Å². The number of hydrogen-bond donors (Lipinski definition) is 1. The van der Waals surface area contributed by atoms with Crippen molar-refractivity contribution in [1.29, 1.82) is 0 Å². The summed E-state index contributed by atoms with van der Waals surface area (Å²) in [5.41, 5.74) is 3.42. The van der Waals surface area contributed by atoms with E-state index in [9.17, 15) is 0 Å². The minimum absolute atomic E-state index is 0.701. The second-order valence-corrected chi connectivity index (χ2v) is 5.03. The van der Waals surface area contributed by atoms with Crippen LogP contribution in [-0.2, 0) is 6.54 Å². The van der Waals surface area contributed by atoms with Crippen molar-refractivity contribution in [1.82, 2.24) is 5.32 Å². The molecule has 2 rings (SSSR count). The van der Waals surface area contributed by atoms with E-state index in [0.717, 1.165) is 17.1 Å². The summed E-state index contributed by atoms with van der Waals surface area (Å²) in [6, 6.07) is 15.9. The SMILES string of the molecule is Cc1cccc(CNC(=S)c2cccc(Cl)c2)c1. The zero-order chi connectivity index (χ0) is 13.0. The second-order valence-electron chi connectivity index (χ2n) is 4.18. The van der Waals surface area contributed by atoms with Crippen LogP contribution >= 0.6 is 23.8 Å². The summed E-state index contributed by atoms with van der Waals surface area (Å²) >= 11 is 11.3. The van der Waals surface area contributed by atoms with Crippen LogP contribution in [-0.4, -0.2) is 4.99 Å². The molecule has 0 unspecified atom stereocenters. The molecule has 92 valence electrons. The van der Waals surface area contributed by atoms with E-state index in [4.69, 9.17) is 23.8 Å². The lowest BCUT2D eigenvalue weighted by atomic mass is 10.1. The maximum atomic E-state index is 5.94. The standard InChI is InChI=1S/C15H14ClNS/c1-11-4-2-5-12(8-11)10-17-15(18)13-6-3-7-14(16)9-13/h2-9H,10H2,1H3,(H,17,18). The molecular formula is C15H14ClNS. The number of hydrogen-bond acceptors (Lipinski definition) is 1. The average Bonchev–Trinajstić information content (AvgIpc) is 2.36. The Balaban J connectivity index is 2.00. The van der Waals surface area contributed by atoms with E-state index in [-0.39, 0.29) is 0 Å². The molecule has 0 fully saturated rings. The van der Waals surface area contributed by atoms with Crippen molar-refractivity contribution in [3.63, 3.8) is 0 Å². The van der Waals surface area contributed by atoms with E-state index < -0.39 is 0 Å². The molecule has 0 saturated heterocycles. The molecule has 0 heterocycles. The van der Waals surface area contributed by atoms with Gasteiger partial charge in [0.05, 0.1) is 0 Å². The predicted octanol–water partition coefficient (Wildman–Crippen LogP) is 4.11. The average molecular weight is 276 g/mol. The molecule has 1 N–H and O–H groups in total. The molecule has 0 amide bonds. The fraction of sp³-hybridized carbons (Fsp3) is 0.133. The Hall–Kier alpha value is -1.38. The highest BCUT2D eigenvalue weighted by atomic mass is 35.5. The number of nitrogens with one attached hydrogen (secondary N) is 1. The minimum atomic E-state index is 0.701. The molecule has 3 heteroatoms. The highest BCUT2D eigenvalue weighted by molar-refractivity contribution is 7.80. The Kier molecular flexibility index (Phi) is 4.34. The fourth-order valence-corrected chi connectivity index (χ4v) is 2.13. The first-order valence-electron chi connectivity index (χ1n) is 5.74. The zero-order valence-electron chi connectivity index (χ0n) is 10.1. The van der Waals surface area contributed by atoms with Crippen LogP contribution in [0, 0.1) is 6.92 Å². The summed E-state index contributed by atoms with van der Waals surface area (Å²) < 4.78 is 0. The van der Waals surface area contributed by atoms with E-state index in [1.807, 2.05) is 24.3 Å². The molecule has 2 aromatic carbocycles. The zero-order valence-corrected chi connectivity index (χ0v) is 11.7. The molecule has 0 aromatic heterocycles. The summed E-state index contributed by atoms with van der Waals surface area (Å²) in [6.45, 7) is 2.81. The van der Waals surface area contributed by atoms with E-state index >= 15 is 0 Å². The topological polar surface area (TPSA) is 12.0 Å². The molecule has 18 heavy (non-hydrogen) atoms. The van der Waals surface area contributed by atoms with Gasteiger partial charge in [-0.25, -0.2) is 0 Å². The molecule has 0 atom stereocenters. The van der Waals surface area contributed by atoms with Crippen LogP contribution in [0.1, 0.15) is 16.7 Å². The first-order chi connectivity index (χ1) is 8.65. The molecule has 0 spiro atoms. The van der Waals surface area contributed by atoms with Crippen molar-refractivity contribution in [2.24, 2.45) is 0 Å². The van der Waals surface area contributed by atoms with Crippen LogP contribution in [0.15, 0.2) is 48.5 Å². The second kappa shape index (κ2) is 5.98. The van der Waals surface area contributed by atoms with E-state index in [1.54, 1.807) is 0 Å². The summed E-state index contributed by atoms with van der Waals surface area (Å²) in [5, 5.41) is 3.94. The van der Waals surface area contributed by atoms with Crippen LogP contribution in [0.25, 0.3) is 0 Å². The third kappa shape index (κ3) is 3.56. The first-order valence-corrected chi connectivity index (χ1v) is 6.53. The van der Waals surface area contributed by atoms with Crippen molar-refractivity contribution < 1.29 is 0 Å². The Bertz CT molecular complexity index is 566. The van der Waals surface area contributed by atoms with E-state index in [1.165, 1.54) is 11.1 Å². The van der Waals surface area contributed by atoms with Crippen molar-refractivity contribution in [3.05, 3.63) is 70.2 Å². The summed E-state index contributed by atoms with van der Waals surface area (Å²) in [4.78, 5) is 0.721. The number of benzene rings is 2. The molecule has 0 aliphatic heterocycles. The largest absolute Gasteiger partial charge is 0.372 e. The van der Waals surface area contributed by atoms with Crippen LogP contribution in [0.3, 0.4) is 0 Å². The van der Waals surface area contributed by atoms with Crippen molar-refractivity contribution in [2.45, 2.75) is 13.5 Å². The minimum Gasteiger partial charge on any atom is -0.372 e. The van der Waals surface area contributed by atoms with Gasteiger partial charge in [-0.2, -0.15) is 0 Å². The highest BCUT2D eigenvalue weighted by Gasteiger charge is 2.01. The van der Waals surface area contributed by atoms with Gasteiger partial charge in [0, 0.05) is 17.1 Å². The van der Waals surface area contributed by atoms with Gasteiger partial charge < -0.3 is 5.32 Å². The van der Waals surface area contributed by atoms with Crippen molar-refractivity contribution in [2.75, 3.05) is 0 Å². The lowest BCUT2D eigenvalue weighted by Crippen LogP contribution is -2.21. The van der Waals surface area contributed by atoms with Crippen LogP contribution in [0.5, 0.6) is 0 Å². The van der Waals surface area contributed by atoms with Crippen LogP contribution in [0.4, 0.5) is 0 Å². The summed E-state index contributed by atoms with van der Waals surface area (Å²) in [5.74, 6) is 0. The predicted molar refractivity (Wildman–Crippen MR) is 81.2 cm³/mol. The number of rotatable bonds is 3. The van der Waals surface area contributed by atoms with Crippen LogP contribution < -0.4 is 5.32 Å². The summed E-state index contributed by atoms with van der Waals surface area (Å²) in [7, 11) is 0. The molecule has 0 aliphatic carbocycles. The fourth-order valence-electron chi connectivity index (χ4n) is 1.74. The number of halogens is 1. The Labute approximate surface area is 118 Å². The van der Waals surface area contributed by atoms with Crippen molar-refractivity contribution in [3.8, 4) is 0 Å². The van der Waals surface area contributed by atoms with Gasteiger partial charge in [-0.15, -0.1) is 0 Å². The number of thiocarbonyl (C=S) groups is 1. The Morgan fingerprint density at radius 3 is 2.67 bits per heavy atom. The molecule has 2 aromatic rings. The summed E-state index contributed by atoms with van der Waals surface area (Å²) in [6.07, 6.45) is 0. The Morgan fingerprint density at radius 2 is 1.94 bits per heavy atom. The third-order valence-electron chi connectivity index (χ3n) is 2.62. The molecule has 0 bridgehead atoms. The molecule has 0 saturated carbocycles. The molecule has 0 aliphatic rings. The smallest absolute Gasteiger partial charge is 0.106 e. The van der Waals surface area contributed by atoms with E-state index in [2.05, 4.69) is 36.5 Å².